The first kappa shape index (κ1) is 19.0. The maximum Gasteiger partial charge on any atom is 0.214 e. The Morgan fingerprint density at radius 2 is 1.93 bits per heavy atom. The Morgan fingerprint density at radius 1 is 1.19 bits per heavy atom. The number of nitrogens with one attached hydrogen (secondary N) is 1. The fourth-order valence-electron chi connectivity index (χ4n) is 3.13. The van der Waals surface area contributed by atoms with Gasteiger partial charge in [0, 0.05) is 39.0 Å². The molecule has 0 saturated carbocycles. The van der Waals surface area contributed by atoms with Gasteiger partial charge < -0.3 is 14.1 Å². The molecule has 0 saturated heterocycles. The van der Waals surface area contributed by atoms with Crippen molar-refractivity contribution in [3.05, 3.63) is 59.6 Å². The third-order valence-electron chi connectivity index (χ3n) is 4.48. The van der Waals surface area contributed by atoms with E-state index in [2.05, 4.69) is 71.4 Å². The highest BCUT2D eigenvalue weighted by Crippen LogP contribution is 2.36. The van der Waals surface area contributed by atoms with Crippen LogP contribution in [0.25, 0.3) is 33.4 Å². The minimum absolute atomic E-state index is 0.609. The minimum atomic E-state index is -2.36. The summed E-state index contributed by atoms with van der Waals surface area (Å²) in [7, 11) is 0. The van der Waals surface area contributed by atoms with Crippen molar-refractivity contribution < 1.29 is 13.3 Å². The molecule has 3 N–H and O–H groups in total. The predicted octanol–water partition coefficient (Wildman–Crippen LogP) is 3.55. The maximum atomic E-state index is 8.78. The molecule has 140 valence electrons. The number of nitrogens with two attached hydrogens (primary N) is 1. The number of aromatic amines is 1. The van der Waals surface area contributed by atoms with E-state index in [4.69, 9.17) is 13.3 Å². The number of hydrogen-bond acceptors (Lipinski definition) is 5. The zero-order chi connectivity index (χ0) is 19.6. The van der Waals surface area contributed by atoms with Gasteiger partial charge in [-0.3, -0.25) is 9.35 Å². The number of fused-ring (bicyclic) bond motifs is 1. The van der Waals surface area contributed by atoms with Gasteiger partial charge >= 0.3 is 0 Å². The van der Waals surface area contributed by atoms with E-state index in [9.17, 15) is 0 Å². The van der Waals surface area contributed by atoms with Crippen LogP contribution in [0.5, 0.6) is 0 Å². The fourth-order valence-corrected chi connectivity index (χ4v) is 3.13. The molecule has 0 aliphatic heterocycles. The second kappa shape index (κ2) is 7.83. The van der Waals surface area contributed by atoms with Crippen molar-refractivity contribution in [2.75, 3.05) is 0 Å². The smallest absolute Gasteiger partial charge is 0.214 e. The number of H-pyrrole nitrogens is 1. The van der Waals surface area contributed by atoms with Crippen LogP contribution in [0.15, 0.2) is 47.3 Å². The van der Waals surface area contributed by atoms with Crippen LogP contribution in [-0.4, -0.2) is 23.9 Å². The molecule has 0 spiro atoms. The van der Waals surface area contributed by atoms with Crippen molar-refractivity contribution in [1.29, 1.82) is 0 Å². The Bertz CT molecular complexity index is 1100. The van der Waals surface area contributed by atoms with Gasteiger partial charge in [0.25, 0.3) is 0 Å². The second-order valence-electron chi connectivity index (χ2n) is 6.15. The van der Waals surface area contributed by atoms with Crippen molar-refractivity contribution in [3.8, 4) is 22.5 Å². The number of aryl methyl sites for hydroxylation is 2. The first-order valence-corrected chi connectivity index (χ1v) is 9.31. The zero-order valence-corrected chi connectivity index (χ0v) is 16.0. The molecule has 27 heavy (non-hydrogen) atoms. The number of hydrogen-bond donors (Lipinski definition) is 2. The third-order valence-corrected chi connectivity index (χ3v) is 4.48. The standard InChI is InChI=1S/C19H17N3O.H3NO2S/c1-11-5-4-6-15(12(11)2)18-13(3)21-17-8-7-14(9-16(17)18)19-20-10-23-22-19;1-4(2)3/h4-10,21H,1-3H3;1H2,(H,2,3)/p-1. The lowest BCUT2D eigenvalue weighted by molar-refractivity contribution is 0.419. The van der Waals surface area contributed by atoms with E-state index in [0.717, 1.165) is 11.1 Å². The molecule has 8 heteroatoms. The molecular weight excluding hydrogens is 364 g/mol. The highest BCUT2D eigenvalue weighted by molar-refractivity contribution is 7.76. The van der Waals surface area contributed by atoms with Gasteiger partial charge in [0.2, 0.25) is 12.2 Å². The molecule has 1 atom stereocenters. The Labute approximate surface area is 159 Å². The van der Waals surface area contributed by atoms with E-state index in [1.165, 1.54) is 39.7 Å². The van der Waals surface area contributed by atoms with E-state index in [0.29, 0.717) is 5.82 Å². The molecular formula is C19H19N4O3S-. The summed E-state index contributed by atoms with van der Waals surface area (Å²) in [6.07, 6.45) is 1.35. The van der Waals surface area contributed by atoms with Gasteiger partial charge in [0.05, 0.1) is 0 Å². The number of benzene rings is 2. The summed E-state index contributed by atoms with van der Waals surface area (Å²) < 4.78 is 22.4. The average Bonchev–Trinajstić information content (AvgIpc) is 3.24. The number of aromatic nitrogens is 3. The Kier molecular flexibility index (Phi) is 5.50. The molecule has 1 unspecified atom stereocenters. The van der Waals surface area contributed by atoms with E-state index in [1.807, 2.05) is 6.07 Å². The summed E-state index contributed by atoms with van der Waals surface area (Å²) in [5.41, 5.74) is 8.35. The summed E-state index contributed by atoms with van der Waals surface area (Å²) in [4.78, 5) is 7.63. The van der Waals surface area contributed by atoms with Crippen LogP contribution in [-0.2, 0) is 11.3 Å². The van der Waals surface area contributed by atoms with Gasteiger partial charge in [0.1, 0.15) is 0 Å². The van der Waals surface area contributed by atoms with Crippen molar-refractivity contribution >= 4 is 22.2 Å². The van der Waals surface area contributed by atoms with E-state index in [1.54, 1.807) is 0 Å². The quantitative estimate of drug-likeness (QED) is 0.513. The molecule has 0 aliphatic rings. The highest BCUT2D eigenvalue weighted by atomic mass is 32.2. The van der Waals surface area contributed by atoms with Crippen LogP contribution in [0.4, 0.5) is 0 Å². The molecule has 4 rings (SSSR count). The van der Waals surface area contributed by atoms with Gasteiger partial charge in [-0.05, 0) is 55.7 Å². The fraction of sp³-hybridized carbons (Fsp3) is 0.158. The van der Waals surface area contributed by atoms with Crippen LogP contribution in [0.1, 0.15) is 16.8 Å². The summed E-state index contributed by atoms with van der Waals surface area (Å²) in [5.74, 6) is 0.609. The molecule has 7 nitrogen and oxygen atoms in total. The van der Waals surface area contributed by atoms with E-state index >= 15 is 0 Å². The summed E-state index contributed by atoms with van der Waals surface area (Å²) in [6.45, 7) is 6.44. The SMILES string of the molecule is Cc1cccc(-c2c(C)[nH]c3ccc(-c4ncon4)cc23)c1C.NS(=O)[O-]. The Hall–Kier alpha value is -2.81. The monoisotopic (exact) mass is 383 g/mol. The van der Waals surface area contributed by atoms with Crippen LogP contribution in [0.3, 0.4) is 0 Å². The minimum Gasteiger partial charge on any atom is -0.760 e. The largest absolute Gasteiger partial charge is 0.760 e. The van der Waals surface area contributed by atoms with Crippen LogP contribution < -0.4 is 5.14 Å². The molecule has 0 aliphatic carbocycles. The zero-order valence-electron chi connectivity index (χ0n) is 15.1. The normalized spacial score (nSPS) is 11.9. The molecule has 2 aromatic carbocycles. The van der Waals surface area contributed by atoms with Gasteiger partial charge in [-0.2, -0.15) is 4.98 Å². The molecule has 2 heterocycles. The van der Waals surface area contributed by atoms with Crippen molar-refractivity contribution in [2.45, 2.75) is 20.8 Å². The lowest BCUT2D eigenvalue weighted by Crippen LogP contribution is -1.97. The predicted molar refractivity (Wildman–Crippen MR) is 104 cm³/mol. The van der Waals surface area contributed by atoms with Gasteiger partial charge in [-0.1, -0.05) is 23.4 Å². The molecule has 0 bridgehead atoms. The first-order chi connectivity index (χ1) is 12.9. The van der Waals surface area contributed by atoms with E-state index < -0.39 is 11.3 Å². The third kappa shape index (κ3) is 3.97. The van der Waals surface area contributed by atoms with Crippen molar-refractivity contribution in [3.63, 3.8) is 0 Å². The van der Waals surface area contributed by atoms with Gasteiger partial charge in [0.15, 0.2) is 0 Å². The molecule has 2 aromatic heterocycles. The van der Waals surface area contributed by atoms with Crippen LogP contribution >= 0.6 is 0 Å². The van der Waals surface area contributed by atoms with E-state index in [-0.39, 0.29) is 0 Å². The summed E-state index contributed by atoms with van der Waals surface area (Å²) in [5, 5.41) is 9.14. The highest BCUT2D eigenvalue weighted by Gasteiger charge is 2.15. The Morgan fingerprint density at radius 3 is 2.59 bits per heavy atom. The molecule has 4 aromatic rings. The van der Waals surface area contributed by atoms with Crippen molar-refractivity contribution in [1.82, 2.24) is 15.1 Å². The lowest BCUT2D eigenvalue weighted by atomic mass is 9.94. The molecule has 0 amide bonds. The molecule has 0 radical (unpaired) electrons. The first-order valence-electron chi connectivity index (χ1n) is 8.17. The second-order valence-corrected chi connectivity index (χ2v) is 6.67. The van der Waals surface area contributed by atoms with Gasteiger partial charge in [-0.25, -0.2) is 0 Å². The molecule has 0 fully saturated rings. The van der Waals surface area contributed by atoms with Crippen LogP contribution in [0.2, 0.25) is 0 Å². The topological polar surface area (TPSA) is 121 Å². The van der Waals surface area contributed by atoms with Crippen LogP contribution in [0, 0.1) is 20.8 Å². The Balaban J connectivity index is 0.000000481. The number of nitrogens with zero attached hydrogens (tertiary/aromatic N) is 2. The average molecular weight is 383 g/mol. The summed E-state index contributed by atoms with van der Waals surface area (Å²) in [6, 6.07) is 12.6. The number of rotatable bonds is 2. The van der Waals surface area contributed by atoms with Crippen molar-refractivity contribution in [2.24, 2.45) is 5.14 Å². The maximum absolute atomic E-state index is 8.78. The summed E-state index contributed by atoms with van der Waals surface area (Å²) >= 11 is -2.36. The van der Waals surface area contributed by atoms with Gasteiger partial charge in [-0.15, -0.1) is 0 Å². The lowest BCUT2D eigenvalue weighted by Gasteiger charge is -2.09.